The van der Waals surface area contributed by atoms with Gasteiger partial charge in [0.1, 0.15) is 0 Å². The molecular weight excluding hydrogens is 158 g/mol. The van der Waals surface area contributed by atoms with Crippen LogP contribution in [0.1, 0.15) is 35.6 Å². The summed E-state index contributed by atoms with van der Waals surface area (Å²) in [6, 6.07) is 6.47. The van der Waals surface area contributed by atoms with Crippen molar-refractivity contribution in [3.63, 3.8) is 0 Å². The number of nitrogens with zero attached hydrogens (tertiary/aromatic N) is 1. The number of nitriles is 1. The molecule has 0 aliphatic heterocycles. The van der Waals surface area contributed by atoms with E-state index >= 15 is 0 Å². The van der Waals surface area contributed by atoms with Crippen LogP contribution in [0, 0.1) is 25.2 Å². The first kappa shape index (κ1) is 9.80. The lowest BCUT2D eigenvalue weighted by Gasteiger charge is -2.05. The van der Waals surface area contributed by atoms with E-state index in [1.807, 2.05) is 13.8 Å². The number of hydrogen-bond acceptors (Lipinski definition) is 1. The highest BCUT2D eigenvalue weighted by Gasteiger charge is 2.03. The van der Waals surface area contributed by atoms with Crippen molar-refractivity contribution in [1.29, 1.82) is 5.26 Å². The molecule has 0 amide bonds. The molecular formula is C12H15N. The zero-order chi connectivity index (χ0) is 9.84. The van der Waals surface area contributed by atoms with Crippen LogP contribution >= 0.6 is 0 Å². The van der Waals surface area contributed by atoms with Gasteiger partial charge in [-0.1, -0.05) is 25.5 Å². The monoisotopic (exact) mass is 173 g/mol. The van der Waals surface area contributed by atoms with Crippen LogP contribution in [0.4, 0.5) is 0 Å². The Bertz CT molecular complexity index is 322. The predicted molar refractivity (Wildman–Crippen MR) is 54.6 cm³/mol. The Labute approximate surface area is 80.0 Å². The maximum absolute atomic E-state index is 8.87. The van der Waals surface area contributed by atoms with E-state index in [1.165, 1.54) is 5.56 Å². The van der Waals surface area contributed by atoms with E-state index in [0.717, 1.165) is 29.5 Å². The van der Waals surface area contributed by atoms with Gasteiger partial charge in [0.25, 0.3) is 0 Å². The first-order valence-corrected chi connectivity index (χ1v) is 4.69. The zero-order valence-corrected chi connectivity index (χ0v) is 8.52. The van der Waals surface area contributed by atoms with Gasteiger partial charge < -0.3 is 0 Å². The molecule has 0 saturated heterocycles. The molecule has 0 saturated carbocycles. The van der Waals surface area contributed by atoms with Gasteiger partial charge in [0, 0.05) is 0 Å². The largest absolute Gasteiger partial charge is 0.192 e. The normalized spacial score (nSPS) is 9.69. The molecule has 0 aliphatic rings. The van der Waals surface area contributed by atoms with Gasteiger partial charge in [-0.3, -0.25) is 0 Å². The van der Waals surface area contributed by atoms with Crippen molar-refractivity contribution in [2.24, 2.45) is 0 Å². The third-order valence-electron chi connectivity index (χ3n) is 2.24. The average Bonchev–Trinajstić information content (AvgIpc) is 2.04. The van der Waals surface area contributed by atoms with Crippen molar-refractivity contribution < 1.29 is 0 Å². The summed E-state index contributed by atoms with van der Waals surface area (Å²) in [5.74, 6) is 0. The number of hydrogen-bond donors (Lipinski definition) is 0. The summed E-state index contributed by atoms with van der Waals surface area (Å²) in [5, 5.41) is 8.87. The lowest BCUT2D eigenvalue weighted by Crippen LogP contribution is -1.92. The van der Waals surface area contributed by atoms with Crippen LogP contribution in [0.3, 0.4) is 0 Å². The summed E-state index contributed by atoms with van der Waals surface area (Å²) in [4.78, 5) is 0. The lowest BCUT2D eigenvalue weighted by atomic mass is 9.98. The van der Waals surface area contributed by atoms with Gasteiger partial charge in [0.2, 0.25) is 0 Å². The molecule has 1 heteroatoms. The number of aryl methyl sites for hydroxylation is 3. The van der Waals surface area contributed by atoms with Crippen molar-refractivity contribution in [2.45, 2.75) is 33.6 Å². The highest BCUT2D eigenvalue weighted by atomic mass is 14.2. The molecule has 1 nitrogen and oxygen atoms in total. The molecule has 0 radical (unpaired) electrons. The quantitative estimate of drug-likeness (QED) is 0.674. The molecule has 1 aromatic carbocycles. The van der Waals surface area contributed by atoms with Crippen molar-refractivity contribution in [1.82, 2.24) is 0 Å². The van der Waals surface area contributed by atoms with E-state index in [9.17, 15) is 0 Å². The lowest BCUT2D eigenvalue weighted by molar-refractivity contribution is 0.917. The molecule has 0 aliphatic carbocycles. The standard InChI is InChI=1S/C12H15N/c1-4-5-11-6-9(2)12(8-13)10(3)7-11/h6-7H,4-5H2,1-3H3. The predicted octanol–water partition coefficient (Wildman–Crippen LogP) is 3.13. The Balaban J connectivity index is 3.14. The van der Waals surface area contributed by atoms with E-state index in [0.29, 0.717) is 0 Å². The second-order valence-electron chi connectivity index (χ2n) is 3.47. The molecule has 1 rings (SSSR count). The fourth-order valence-electron chi connectivity index (χ4n) is 1.66. The first-order chi connectivity index (χ1) is 6.19. The van der Waals surface area contributed by atoms with E-state index in [-0.39, 0.29) is 0 Å². The van der Waals surface area contributed by atoms with Crippen LogP contribution in [0.2, 0.25) is 0 Å². The van der Waals surface area contributed by atoms with Crippen LogP contribution < -0.4 is 0 Å². The topological polar surface area (TPSA) is 23.8 Å². The zero-order valence-electron chi connectivity index (χ0n) is 8.52. The Morgan fingerprint density at radius 1 is 1.23 bits per heavy atom. The summed E-state index contributed by atoms with van der Waals surface area (Å²) < 4.78 is 0. The molecule has 0 atom stereocenters. The molecule has 0 fully saturated rings. The van der Waals surface area contributed by atoms with Gasteiger partial charge in [-0.2, -0.15) is 5.26 Å². The Kier molecular flexibility index (Phi) is 3.08. The summed E-state index contributed by atoms with van der Waals surface area (Å²) in [6.45, 7) is 6.18. The van der Waals surface area contributed by atoms with Crippen LogP contribution in [0.5, 0.6) is 0 Å². The smallest absolute Gasteiger partial charge is 0.0997 e. The molecule has 0 unspecified atom stereocenters. The number of rotatable bonds is 2. The molecule has 1 aromatic rings. The van der Waals surface area contributed by atoms with Crippen molar-refractivity contribution >= 4 is 0 Å². The van der Waals surface area contributed by atoms with Gasteiger partial charge in [-0.05, 0) is 37.0 Å². The second kappa shape index (κ2) is 4.09. The van der Waals surface area contributed by atoms with E-state index < -0.39 is 0 Å². The summed E-state index contributed by atoms with van der Waals surface area (Å²) in [5.41, 5.74) is 4.38. The molecule has 0 N–H and O–H groups in total. The number of benzene rings is 1. The van der Waals surface area contributed by atoms with E-state index in [4.69, 9.17) is 5.26 Å². The third-order valence-corrected chi connectivity index (χ3v) is 2.24. The minimum Gasteiger partial charge on any atom is -0.192 e. The first-order valence-electron chi connectivity index (χ1n) is 4.69. The minimum atomic E-state index is 0.833. The van der Waals surface area contributed by atoms with Crippen LogP contribution in [0.25, 0.3) is 0 Å². The van der Waals surface area contributed by atoms with Gasteiger partial charge in [0.15, 0.2) is 0 Å². The minimum absolute atomic E-state index is 0.833. The van der Waals surface area contributed by atoms with Gasteiger partial charge in [-0.15, -0.1) is 0 Å². The summed E-state index contributed by atoms with van der Waals surface area (Å²) >= 11 is 0. The Morgan fingerprint density at radius 2 is 1.77 bits per heavy atom. The molecule has 0 bridgehead atoms. The third kappa shape index (κ3) is 2.09. The molecule has 68 valence electrons. The molecule has 0 heterocycles. The van der Waals surface area contributed by atoms with Crippen molar-refractivity contribution in [3.8, 4) is 6.07 Å². The van der Waals surface area contributed by atoms with Crippen LogP contribution in [-0.2, 0) is 6.42 Å². The maximum atomic E-state index is 8.87. The second-order valence-corrected chi connectivity index (χ2v) is 3.47. The van der Waals surface area contributed by atoms with Gasteiger partial charge >= 0.3 is 0 Å². The van der Waals surface area contributed by atoms with Crippen LogP contribution in [0.15, 0.2) is 12.1 Å². The summed E-state index contributed by atoms with van der Waals surface area (Å²) in [6.07, 6.45) is 2.26. The highest BCUT2D eigenvalue weighted by molar-refractivity contribution is 5.45. The Hall–Kier alpha value is -1.29. The fraction of sp³-hybridized carbons (Fsp3) is 0.417. The van der Waals surface area contributed by atoms with E-state index in [1.54, 1.807) is 0 Å². The van der Waals surface area contributed by atoms with Crippen LogP contribution in [-0.4, -0.2) is 0 Å². The maximum Gasteiger partial charge on any atom is 0.0997 e. The van der Waals surface area contributed by atoms with E-state index in [2.05, 4.69) is 25.1 Å². The van der Waals surface area contributed by atoms with Gasteiger partial charge in [0.05, 0.1) is 11.6 Å². The molecule has 0 spiro atoms. The van der Waals surface area contributed by atoms with Gasteiger partial charge in [-0.25, -0.2) is 0 Å². The fourth-order valence-corrected chi connectivity index (χ4v) is 1.66. The molecule has 0 aromatic heterocycles. The molecule has 13 heavy (non-hydrogen) atoms. The Morgan fingerprint density at radius 3 is 2.15 bits per heavy atom. The van der Waals surface area contributed by atoms with Crippen molar-refractivity contribution in [2.75, 3.05) is 0 Å². The summed E-state index contributed by atoms with van der Waals surface area (Å²) in [7, 11) is 0. The highest BCUT2D eigenvalue weighted by Crippen LogP contribution is 2.16. The SMILES string of the molecule is CCCc1cc(C)c(C#N)c(C)c1. The van der Waals surface area contributed by atoms with Crippen molar-refractivity contribution in [3.05, 3.63) is 34.4 Å². The average molecular weight is 173 g/mol.